The molecule has 29 heavy (non-hydrogen) atoms. The van der Waals surface area contributed by atoms with E-state index < -0.39 is 11.9 Å². The first-order valence-electron chi connectivity index (χ1n) is 12.1. The summed E-state index contributed by atoms with van der Waals surface area (Å²) in [5, 5.41) is 0. The quantitative estimate of drug-likeness (QED) is 0.117. The second kappa shape index (κ2) is 26.6. The van der Waals surface area contributed by atoms with E-state index in [0.717, 1.165) is 38.5 Å². The zero-order chi connectivity index (χ0) is 20.7. The second-order valence-corrected chi connectivity index (χ2v) is 8.07. The molecule has 0 aromatic heterocycles. The number of carbonyl (C=O) groups excluding carboxylic acids is 2. The van der Waals surface area contributed by atoms with Gasteiger partial charge in [-0.2, -0.15) is 0 Å². The predicted molar refractivity (Wildman–Crippen MR) is 117 cm³/mol. The normalized spacial score (nSPS) is 10.4. The summed E-state index contributed by atoms with van der Waals surface area (Å²) < 4.78 is 0. The van der Waals surface area contributed by atoms with Crippen LogP contribution in [-0.4, -0.2) is 11.9 Å². The van der Waals surface area contributed by atoms with Gasteiger partial charge in [0.25, 0.3) is 0 Å². The molecule has 4 nitrogen and oxygen atoms in total. The molecule has 0 aromatic carbocycles. The molecule has 0 unspecified atom stereocenters. The Labute approximate surface area is 224 Å². The average molecular weight is 439 g/mol. The number of hydrogen-bond acceptors (Lipinski definition) is 4. The molecule has 0 aliphatic carbocycles. The maximum Gasteiger partial charge on any atom is 1.00 e. The van der Waals surface area contributed by atoms with Gasteiger partial charge in [-0.1, -0.05) is 117 Å². The van der Waals surface area contributed by atoms with Gasteiger partial charge in [0.05, 0.1) is 12.8 Å². The van der Waals surface area contributed by atoms with Crippen LogP contribution in [0.2, 0.25) is 0 Å². The van der Waals surface area contributed by atoms with Gasteiger partial charge in [-0.25, -0.2) is 19.4 Å². The van der Waals surface area contributed by atoms with Crippen molar-refractivity contribution in [2.75, 3.05) is 0 Å². The van der Waals surface area contributed by atoms with Crippen molar-refractivity contribution in [1.82, 2.24) is 0 Å². The number of unbranched alkanes of at least 4 members (excludes halogenated alkanes) is 16. The minimum atomic E-state index is -0.427. The topological polar surface area (TPSA) is 52.6 Å². The Morgan fingerprint density at radius 2 is 0.724 bits per heavy atom. The van der Waals surface area contributed by atoms with Crippen LogP contribution in [0.5, 0.6) is 0 Å². The second-order valence-electron chi connectivity index (χ2n) is 8.07. The maximum absolute atomic E-state index is 11.6. The first-order chi connectivity index (χ1) is 13.7. The number of hydrogen-bond donors (Lipinski definition) is 0. The van der Waals surface area contributed by atoms with Gasteiger partial charge in [0.15, 0.2) is 0 Å². The SMILES string of the molecule is CCCCCCCCCCCC(=O)OOC(=O)CCCCCCCCCCC.[H-].[K+]. The zero-order valence-electron chi connectivity index (χ0n) is 20.8. The van der Waals surface area contributed by atoms with Gasteiger partial charge in [0.2, 0.25) is 0 Å². The van der Waals surface area contributed by atoms with Crippen LogP contribution in [0.3, 0.4) is 0 Å². The Morgan fingerprint density at radius 3 is 1.00 bits per heavy atom. The van der Waals surface area contributed by atoms with Crippen molar-refractivity contribution in [2.24, 2.45) is 0 Å². The van der Waals surface area contributed by atoms with E-state index in [1.807, 2.05) is 0 Å². The van der Waals surface area contributed by atoms with Crippen molar-refractivity contribution >= 4 is 11.9 Å². The molecule has 5 heteroatoms. The first-order valence-corrected chi connectivity index (χ1v) is 12.1. The third-order valence-electron chi connectivity index (χ3n) is 5.20. The van der Waals surface area contributed by atoms with Gasteiger partial charge in [0.1, 0.15) is 0 Å². The maximum atomic E-state index is 11.6. The van der Waals surface area contributed by atoms with Gasteiger partial charge < -0.3 is 1.43 Å². The molecule has 0 rings (SSSR count). The van der Waals surface area contributed by atoms with Gasteiger partial charge in [-0.3, -0.25) is 0 Å². The summed E-state index contributed by atoms with van der Waals surface area (Å²) in [5.74, 6) is -0.855. The summed E-state index contributed by atoms with van der Waals surface area (Å²) in [7, 11) is 0. The summed E-state index contributed by atoms with van der Waals surface area (Å²) in [6, 6.07) is 0. The summed E-state index contributed by atoms with van der Waals surface area (Å²) >= 11 is 0. The average Bonchev–Trinajstić information content (AvgIpc) is 2.69. The molecular weight excluding hydrogens is 391 g/mol. The molecule has 0 saturated heterocycles. The van der Waals surface area contributed by atoms with E-state index in [9.17, 15) is 9.59 Å². The monoisotopic (exact) mass is 438 g/mol. The van der Waals surface area contributed by atoms with Crippen LogP contribution in [0.1, 0.15) is 144 Å². The standard InChI is InChI=1S/C24H46O4.K.H/c1-3-5-7-9-11-13-15-17-19-21-23(25)27-28-24(26)22-20-18-16-14-12-10-8-6-4-2;;/h3-22H2,1-2H3;;/q;+1;-1. The molecule has 0 amide bonds. The van der Waals surface area contributed by atoms with Gasteiger partial charge in [-0.15, -0.1) is 0 Å². The molecule has 0 aliphatic rings. The van der Waals surface area contributed by atoms with Crippen LogP contribution in [-0.2, 0) is 19.4 Å². The summed E-state index contributed by atoms with van der Waals surface area (Å²) in [6.45, 7) is 4.46. The zero-order valence-corrected chi connectivity index (χ0v) is 22.9. The fourth-order valence-corrected chi connectivity index (χ4v) is 3.34. The van der Waals surface area contributed by atoms with Crippen LogP contribution >= 0.6 is 0 Å². The van der Waals surface area contributed by atoms with Gasteiger partial charge in [-0.05, 0) is 12.8 Å². The van der Waals surface area contributed by atoms with Crippen LogP contribution in [0.15, 0.2) is 0 Å². The van der Waals surface area contributed by atoms with Gasteiger partial charge in [0, 0.05) is 0 Å². The van der Waals surface area contributed by atoms with Crippen molar-refractivity contribution < 1.29 is 72.2 Å². The summed E-state index contributed by atoms with van der Waals surface area (Å²) in [5.41, 5.74) is 0. The summed E-state index contributed by atoms with van der Waals surface area (Å²) in [4.78, 5) is 32.4. The largest absolute Gasteiger partial charge is 1.00 e. The fraction of sp³-hybridized carbons (Fsp3) is 0.917. The van der Waals surface area contributed by atoms with Crippen molar-refractivity contribution in [3.05, 3.63) is 0 Å². The Kier molecular flexibility index (Phi) is 29.1. The molecule has 168 valence electrons. The van der Waals surface area contributed by atoms with E-state index in [0.29, 0.717) is 12.8 Å². The molecule has 0 heterocycles. The van der Waals surface area contributed by atoms with Crippen LogP contribution in [0, 0.1) is 0 Å². The van der Waals surface area contributed by atoms with E-state index in [2.05, 4.69) is 23.6 Å². The molecule has 0 spiro atoms. The molecule has 0 aromatic rings. The molecule has 0 atom stereocenters. The van der Waals surface area contributed by atoms with E-state index in [4.69, 9.17) is 0 Å². The summed E-state index contributed by atoms with van der Waals surface area (Å²) in [6.07, 6.45) is 22.3. The van der Waals surface area contributed by atoms with E-state index in [1.165, 1.54) is 77.0 Å². The van der Waals surface area contributed by atoms with Crippen LogP contribution < -0.4 is 51.4 Å². The first kappa shape index (κ1) is 31.8. The fourth-order valence-electron chi connectivity index (χ4n) is 3.34. The predicted octanol–water partition coefficient (Wildman–Crippen LogP) is 4.95. The molecule has 0 aliphatic heterocycles. The smallest absolute Gasteiger partial charge is 1.00 e. The molecule has 0 bridgehead atoms. The van der Waals surface area contributed by atoms with E-state index in [1.54, 1.807) is 0 Å². The minimum Gasteiger partial charge on any atom is -1.00 e. The van der Waals surface area contributed by atoms with E-state index >= 15 is 0 Å². The third-order valence-corrected chi connectivity index (χ3v) is 5.20. The Bertz CT molecular complexity index is 333. The molecule has 0 N–H and O–H groups in total. The van der Waals surface area contributed by atoms with Crippen molar-refractivity contribution in [1.29, 1.82) is 0 Å². The van der Waals surface area contributed by atoms with Crippen molar-refractivity contribution in [2.45, 2.75) is 142 Å². The number of rotatable bonds is 20. The van der Waals surface area contributed by atoms with E-state index in [-0.39, 0.29) is 52.8 Å². The minimum absolute atomic E-state index is 0. The van der Waals surface area contributed by atoms with Crippen LogP contribution in [0.4, 0.5) is 0 Å². The molecular formula is C24H47KO4. The number of carbonyl (C=O) groups is 2. The third kappa shape index (κ3) is 26.5. The Morgan fingerprint density at radius 1 is 0.483 bits per heavy atom. The van der Waals surface area contributed by atoms with Crippen LogP contribution in [0.25, 0.3) is 0 Å². The molecule has 0 saturated carbocycles. The molecule has 0 radical (unpaired) electrons. The van der Waals surface area contributed by atoms with Gasteiger partial charge >= 0.3 is 63.3 Å². The Hall–Kier alpha value is 0.576. The van der Waals surface area contributed by atoms with Crippen molar-refractivity contribution in [3.63, 3.8) is 0 Å². The van der Waals surface area contributed by atoms with Crippen molar-refractivity contribution in [3.8, 4) is 0 Å². The molecule has 0 fully saturated rings. The Balaban J connectivity index is -0.00000364.